The van der Waals surface area contributed by atoms with Gasteiger partial charge in [-0.25, -0.2) is 0 Å². The summed E-state index contributed by atoms with van der Waals surface area (Å²) < 4.78 is 0. The van der Waals surface area contributed by atoms with Crippen molar-refractivity contribution in [3.63, 3.8) is 0 Å². The van der Waals surface area contributed by atoms with Crippen LogP contribution in [-0.4, -0.2) is 11.8 Å². The average Bonchev–Trinajstić information content (AvgIpc) is 2.25. The third-order valence-corrected chi connectivity index (χ3v) is 2.38. The Hall–Kier alpha value is -1.37. The summed E-state index contributed by atoms with van der Waals surface area (Å²) in [7, 11) is 0. The molecule has 1 nitrogen and oxygen atoms in total. The van der Waals surface area contributed by atoms with Gasteiger partial charge in [0.25, 0.3) is 0 Å². The lowest BCUT2D eigenvalue weighted by Gasteiger charge is -2.12. The largest absolute Gasteiger partial charge is 0.287 e. The van der Waals surface area contributed by atoms with Crippen LogP contribution in [0.4, 0.5) is 0 Å². The summed E-state index contributed by atoms with van der Waals surface area (Å²) in [5, 5.41) is 0. The molecular formula is C15H21N. The maximum Gasteiger partial charge on any atom is 0.0705 e. The smallest absolute Gasteiger partial charge is 0.0705 e. The average molecular weight is 215 g/mol. The van der Waals surface area contributed by atoms with E-state index in [1.165, 1.54) is 5.56 Å². The molecule has 1 aromatic carbocycles. The van der Waals surface area contributed by atoms with Crippen LogP contribution >= 0.6 is 0 Å². The molecule has 0 amide bonds. The summed E-state index contributed by atoms with van der Waals surface area (Å²) in [4.78, 5) is 4.62. The van der Waals surface area contributed by atoms with Crippen molar-refractivity contribution < 1.29 is 0 Å². The van der Waals surface area contributed by atoms with Crippen molar-refractivity contribution in [3.05, 3.63) is 42.0 Å². The molecule has 0 radical (unpaired) electrons. The van der Waals surface area contributed by atoms with Gasteiger partial charge in [-0.3, -0.25) is 4.99 Å². The predicted octanol–water partition coefficient (Wildman–Crippen LogP) is 4.21. The molecule has 1 aromatic rings. The molecule has 1 heteroatoms. The first-order valence-electron chi connectivity index (χ1n) is 5.84. The monoisotopic (exact) mass is 215 g/mol. The van der Waals surface area contributed by atoms with E-state index in [2.05, 4.69) is 55.3 Å². The molecule has 0 saturated heterocycles. The zero-order valence-corrected chi connectivity index (χ0v) is 10.6. The third kappa shape index (κ3) is 4.43. The highest BCUT2D eigenvalue weighted by Crippen LogP contribution is 2.11. The number of hydrogen-bond donors (Lipinski definition) is 0. The van der Waals surface area contributed by atoms with E-state index in [-0.39, 0.29) is 6.04 Å². The Labute approximate surface area is 98.9 Å². The van der Waals surface area contributed by atoms with Gasteiger partial charge in [0.1, 0.15) is 0 Å². The predicted molar refractivity (Wildman–Crippen MR) is 72.9 cm³/mol. The molecular weight excluding hydrogens is 194 g/mol. The van der Waals surface area contributed by atoms with Crippen molar-refractivity contribution in [1.29, 1.82) is 0 Å². The second-order valence-corrected chi connectivity index (χ2v) is 4.58. The molecule has 0 bridgehead atoms. The standard InChI is InChI=1S/C15H21N/c1-12(2)15(16-13(3)4)11-10-14-8-6-5-7-9-14/h5-12,15H,1-4H3/b11-10+. The summed E-state index contributed by atoms with van der Waals surface area (Å²) >= 11 is 0. The number of nitrogens with zero attached hydrogens (tertiary/aromatic N) is 1. The molecule has 1 rings (SSSR count). The van der Waals surface area contributed by atoms with Gasteiger partial charge >= 0.3 is 0 Å². The molecule has 0 fully saturated rings. The van der Waals surface area contributed by atoms with Crippen molar-refractivity contribution in [2.24, 2.45) is 10.9 Å². The van der Waals surface area contributed by atoms with Crippen LogP contribution in [0.25, 0.3) is 6.08 Å². The van der Waals surface area contributed by atoms with E-state index in [0.717, 1.165) is 5.71 Å². The van der Waals surface area contributed by atoms with Crippen LogP contribution in [0.3, 0.4) is 0 Å². The van der Waals surface area contributed by atoms with Gasteiger partial charge in [0.2, 0.25) is 0 Å². The lowest BCUT2D eigenvalue weighted by molar-refractivity contribution is 0.574. The number of benzene rings is 1. The second-order valence-electron chi connectivity index (χ2n) is 4.58. The van der Waals surface area contributed by atoms with Crippen molar-refractivity contribution >= 4 is 11.8 Å². The van der Waals surface area contributed by atoms with Gasteiger partial charge in [-0.15, -0.1) is 0 Å². The minimum Gasteiger partial charge on any atom is -0.287 e. The molecule has 86 valence electrons. The molecule has 0 aliphatic heterocycles. The van der Waals surface area contributed by atoms with Crippen molar-refractivity contribution in [2.75, 3.05) is 0 Å². The highest BCUT2D eigenvalue weighted by Gasteiger charge is 2.06. The SMILES string of the molecule is CC(C)=NC(/C=C/c1ccccc1)C(C)C. The first-order chi connectivity index (χ1) is 7.59. The van der Waals surface area contributed by atoms with Crippen molar-refractivity contribution in [1.82, 2.24) is 0 Å². The quantitative estimate of drug-likeness (QED) is 0.667. The molecule has 0 aliphatic carbocycles. The van der Waals surface area contributed by atoms with Crippen molar-refractivity contribution in [3.8, 4) is 0 Å². The minimum atomic E-state index is 0.283. The Balaban J connectivity index is 2.76. The van der Waals surface area contributed by atoms with Crippen LogP contribution in [0.2, 0.25) is 0 Å². The van der Waals surface area contributed by atoms with Crippen LogP contribution in [0.5, 0.6) is 0 Å². The fourth-order valence-electron chi connectivity index (χ4n) is 1.49. The summed E-state index contributed by atoms with van der Waals surface area (Å²) in [5.41, 5.74) is 2.37. The van der Waals surface area contributed by atoms with Gasteiger partial charge in [-0.2, -0.15) is 0 Å². The van der Waals surface area contributed by atoms with Crippen LogP contribution < -0.4 is 0 Å². The maximum absolute atomic E-state index is 4.62. The number of rotatable bonds is 4. The minimum absolute atomic E-state index is 0.283. The second kappa shape index (κ2) is 6.26. The van der Waals surface area contributed by atoms with E-state index in [1.807, 2.05) is 19.9 Å². The van der Waals surface area contributed by atoms with E-state index >= 15 is 0 Å². The lowest BCUT2D eigenvalue weighted by atomic mass is 10.0. The van der Waals surface area contributed by atoms with Crippen LogP contribution in [0, 0.1) is 5.92 Å². The maximum atomic E-state index is 4.62. The van der Waals surface area contributed by atoms with Gasteiger partial charge in [0, 0.05) is 5.71 Å². The molecule has 0 spiro atoms. The van der Waals surface area contributed by atoms with E-state index in [4.69, 9.17) is 0 Å². The topological polar surface area (TPSA) is 12.4 Å². The lowest BCUT2D eigenvalue weighted by Crippen LogP contribution is -2.10. The molecule has 16 heavy (non-hydrogen) atoms. The first kappa shape index (κ1) is 12.7. The Morgan fingerprint density at radius 1 is 1.12 bits per heavy atom. The fourth-order valence-corrected chi connectivity index (χ4v) is 1.49. The van der Waals surface area contributed by atoms with Gasteiger partial charge < -0.3 is 0 Å². The summed E-state index contributed by atoms with van der Waals surface area (Å²) in [5.74, 6) is 0.537. The Morgan fingerprint density at radius 2 is 1.75 bits per heavy atom. The summed E-state index contributed by atoms with van der Waals surface area (Å²) in [6.07, 6.45) is 4.34. The molecule has 0 saturated carbocycles. The molecule has 0 N–H and O–H groups in total. The molecule has 0 heterocycles. The first-order valence-corrected chi connectivity index (χ1v) is 5.84. The summed E-state index contributed by atoms with van der Waals surface area (Å²) in [6, 6.07) is 10.6. The highest BCUT2D eigenvalue weighted by atomic mass is 14.8. The van der Waals surface area contributed by atoms with E-state index in [9.17, 15) is 0 Å². The summed E-state index contributed by atoms with van der Waals surface area (Å²) in [6.45, 7) is 8.50. The van der Waals surface area contributed by atoms with E-state index < -0.39 is 0 Å². The highest BCUT2D eigenvalue weighted by molar-refractivity contribution is 5.79. The molecule has 0 aliphatic rings. The zero-order chi connectivity index (χ0) is 12.0. The number of hydrogen-bond acceptors (Lipinski definition) is 1. The van der Waals surface area contributed by atoms with Gasteiger partial charge in [0.15, 0.2) is 0 Å². The molecule has 0 aromatic heterocycles. The van der Waals surface area contributed by atoms with Crippen LogP contribution in [-0.2, 0) is 0 Å². The Kier molecular flexibility index (Phi) is 4.97. The third-order valence-electron chi connectivity index (χ3n) is 2.38. The van der Waals surface area contributed by atoms with Gasteiger partial charge in [0.05, 0.1) is 6.04 Å². The number of aliphatic imine (C=N–C) groups is 1. The van der Waals surface area contributed by atoms with E-state index in [0.29, 0.717) is 5.92 Å². The van der Waals surface area contributed by atoms with Crippen LogP contribution in [0.15, 0.2) is 41.4 Å². The van der Waals surface area contributed by atoms with Gasteiger partial charge in [-0.05, 0) is 25.3 Å². The molecule has 1 atom stereocenters. The van der Waals surface area contributed by atoms with Crippen LogP contribution in [0.1, 0.15) is 33.3 Å². The van der Waals surface area contributed by atoms with Crippen molar-refractivity contribution in [2.45, 2.75) is 33.7 Å². The fraction of sp³-hybridized carbons (Fsp3) is 0.400. The normalized spacial score (nSPS) is 13.1. The zero-order valence-electron chi connectivity index (χ0n) is 10.6. The Morgan fingerprint density at radius 3 is 2.25 bits per heavy atom. The van der Waals surface area contributed by atoms with E-state index in [1.54, 1.807) is 0 Å². The molecule has 1 unspecified atom stereocenters. The van der Waals surface area contributed by atoms with Gasteiger partial charge in [-0.1, -0.05) is 56.3 Å². The Bertz CT molecular complexity index is 356.